The van der Waals surface area contributed by atoms with Crippen molar-refractivity contribution in [3.63, 3.8) is 0 Å². The monoisotopic (exact) mass is 436 g/mol. The summed E-state index contributed by atoms with van der Waals surface area (Å²) >= 11 is 0. The molecule has 0 saturated carbocycles. The van der Waals surface area contributed by atoms with Crippen molar-refractivity contribution in [2.75, 3.05) is 0 Å². The van der Waals surface area contributed by atoms with Gasteiger partial charge in [0.25, 0.3) is 0 Å². The van der Waals surface area contributed by atoms with Gasteiger partial charge in [0.05, 0.1) is 0 Å². The Bertz CT molecular complexity index is 1270. The van der Waals surface area contributed by atoms with Gasteiger partial charge in [-0.2, -0.15) is 0 Å². The second kappa shape index (κ2) is 9.75. The maximum atomic E-state index is 12.5. The molecule has 0 bridgehead atoms. The van der Waals surface area contributed by atoms with Crippen LogP contribution >= 0.6 is 0 Å². The fourth-order valence-electron chi connectivity index (χ4n) is 3.19. The average molecular weight is 436 g/mol. The molecule has 0 fully saturated rings. The van der Waals surface area contributed by atoms with Crippen LogP contribution < -0.4 is 9.47 Å². The van der Waals surface area contributed by atoms with Gasteiger partial charge in [-0.15, -0.1) is 0 Å². The Labute approximate surface area is 191 Å². The van der Waals surface area contributed by atoms with E-state index in [2.05, 4.69) is 0 Å². The molecular weight excluding hydrogens is 416 g/mol. The van der Waals surface area contributed by atoms with E-state index in [9.17, 15) is 14.4 Å². The molecule has 4 aromatic carbocycles. The summed E-state index contributed by atoms with van der Waals surface area (Å²) in [5, 5.41) is 0. The number of ether oxygens (including phenoxy) is 2. The highest BCUT2D eigenvalue weighted by Crippen LogP contribution is 2.19. The minimum absolute atomic E-state index is 0.116. The second-order valence-corrected chi connectivity index (χ2v) is 7.39. The Morgan fingerprint density at radius 1 is 0.485 bits per heavy atom. The number of carbonyl (C=O) groups is 3. The fourth-order valence-corrected chi connectivity index (χ4v) is 3.19. The lowest BCUT2D eigenvalue weighted by molar-refractivity contribution is 0.103. The van der Waals surface area contributed by atoms with Crippen LogP contribution in [0.5, 0.6) is 11.5 Å². The van der Waals surface area contributed by atoms with E-state index in [1.807, 2.05) is 25.1 Å². The zero-order chi connectivity index (χ0) is 23.2. The lowest BCUT2D eigenvalue weighted by Crippen LogP contribution is -2.14. The molecular formula is C28H20O5. The third kappa shape index (κ3) is 5.40. The molecule has 0 spiro atoms. The van der Waals surface area contributed by atoms with E-state index < -0.39 is 6.16 Å². The zero-order valence-electron chi connectivity index (χ0n) is 17.9. The van der Waals surface area contributed by atoms with E-state index >= 15 is 0 Å². The summed E-state index contributed by atoms with van der Waals surface area (Å²) < 4.78 is 10.4. The Kier molecular flexibility index (Phi) is 6.41. The molecule has 0 heterocycles. The van der Waals surface area contributed by atoms with E-state index in [0.29, 0.717) is 22.3 Å². The van der Waals surface area contributed by atoms with Gasteiger partial charge in [-0.1, -0.05) is 60.2 Å². The summed E-state index contributed by atoms with van der Waals surface area (Å²) in [6, 6.07) is 28.7. The molecule has 0 radical (unpaired) electrons. The molecule has 4 rings (SSSR count). The van der Waals surface area contributed by atoms with Crippen molar-refractivity contribution >= 4 is 17.7 Å². The van der Waals surface area contributed by atoms with Crippen molar-refractivity contribution in [1.82, 2.24) is 0 Å². The molecule has 4 aromatic rings. The Morgan fingerprint density at radius 2 is 0.848 bits per heavy atom. The maximum absolute atomic E-state index is 12.5. The number of carbonyl (C=O) groups excluding carboxylic acids is 3. The predicted molar refractivity (Wildman–Crippen MR) is 124 cm³/mol. The highest BCUT2D eigenvalue weighted by molar-refractivity contribution is 6.09. The van der Waals surface area contributed by atoms with Crippen LogP contribution in [0.1, 0.15) is 37.4 Å². The zero-order valence-corrected chi connectivity index (χ0v) is 17.9. The molecule has 0 aliphatic carbocycles. The van der Waals surface area contributed by atoms with E-state index in [0.717, 1.165) is 5.56 Å². The van der Waals surface area contributed by atoms with Crippen molar-refractivity contribution in [3.8, 4) is 11.5 Å². The van der Waals surface area contributed by atoms with E-state index in [1.54, 1.807) is 60.7 Å². The van der Waals surface area contributed by atoms with E-state index in [-0.39, 0.29) is 23.1 Å². The summed E-state index contributed by atoms with van der Waals surface area (Å²) in [6.07, 6.45) is -0.922. The molecule has 0 aliphatic rings. The third-order valence-electron chi connectivity index (χ3n) is 4.99. The van der Waals surface area contributed by atoms with Crippen molar-refractivity contribution in [3.05, 3.63) is 131 Å². The molecule has 0 atom stereocenters. The lowest BCUT2D eigenvalue weighted by atomic mass is 10.0. The van der Waals surface area contributed by atoms with Crippen LogP contribution in [-0.2, 0) is 0 Å². The van der Waals surface area contributed by atoms with Crippen molar-refractivity contribution in [1.29, 1.82) is 0 Å². The maximum Gasteiger partial charge on any atom is 0.519 e. The quantitative estimate of drug-likeness (QED) is 0.210. The van der Waals surface area contributed by atoms with Gasteiger partial charge in [-0.05, 0) is 55.5 Å². The number of rotatable bonds is 6. The normalized spacial score (nSPS) is 10.3. The van der Waals surface area contributed by atoms with Gasteiger partial charge in [-0.3, -0.25) is 9.59 Å². The molecule has 0 amide bonds. The molecule has 0 unspecified atom stereocenters. The summed E-state index contributed by atoms with van der Waals surface area (Å²) in [5.74, 6) is 0.256. The minimum Gasteiger partial charge on any atom is -0.395 e. The third-order valence-corrected chi connectivity index (χ3v) is 4.99. The topological polar surface area (TPSA) is 69.7 Å². The van der Waals surface area contributed by atoms with Crippen LogP contribution in [0, 0.1) is 6.92 Å². The van der Waals surface area contributed by atoms with Gasteiger partial charge in [-0.25, -0.2) is 4.79 Å². The highest BCUT2D eigenvalue weighted by atomic mass is 16.7. The van der Waals surface area contributed by atoms with Gasteiger partial charge in [0.15, 0.2) is 11.6 Å². The van der Waals surface area contributed by atoms with Crippen LogP contribution in [0.4, 0.5) is 4.79 Å². The first-order chi connectivity index (χ1) is 16.0. The summed E-state index contributed by atoms with van der Waals surface area (Å²) in [4.78, 5) is 37.1. The summed E-state index contributed by atoms with van der Waals surface area (Å²) in [6.45, 7) is 1.96. The first kappa shape index (κ1) is 21.7. The second-order valence-electron chi connectivity index (χ2n) is 7.39. The number of benzene rings is 4. The first-order valence-corrected chi connectivity index (χ1v) is 10.3. The van der Waals surface area contributed by atoms with Crippen LogP contribution in [0.2, 0.25) is 0 Å². The van der Waals surface area contributed by atoms with Gasteiger partial charge in [0.1, 0.15) is 11.5 Å². The average Bonchev–Trinajstić information content (AvgIpc) is 2.85. The van der Waals surface area contributed by atoms with Crippen LogP contribution in [0.15, 0.2) is 103 Å². The van der Waals surface area contributed by atoms with Gasteiger partial charge >= 0.3 is 6.16 Å². The van der Waals surface area contributed by atoms with Crippen LogP contribution in [0.3, 0.4) is 0 Å². The highest BCUT2D eigenvalue weighted by Gasteiger charge is 2.13. The largest absolute Gasteiger partial charge is 0.519 e. The summed E-state index contributed by atoms with van der Waals surface area (Å²) in [5.41, 5.74) is 3.21. The molecule has 0 N–H and O–H groups in total. The minimum atomic E-state index is -0.922. The molecule has 0 saturated heterocycles. The molecule has 0 aliphatic heterocycles. The summed E-state index contributed by atoms with van der Waals surface area (Å²) in [7, 11) is 0. The predicted octanol–water partition coefficient (Wildman–Crippen LogP) is 6.03. The Balaban J connectivity index is 1.35. The van der Waals surface area contributed by atoms with Crippen molar-refractivity contribution in [2.24, 2.45) is 0 Å². The fraction of sp³-hybridized carbons (Fsp3) is 0.0357. The van der Waals surface area contributed by atoms with Crippen LogP contribution in [0.25, 0.3) is 0 Å². The smallest absolute Gasteiger partial charge is 0.395 e. The number of aryl methyl sites for hydroxylation is 1. The molecule has 5 heteroatoms. The van der Waals surface area contributed by atoms with Crippen molar-refractivity contribution < 1.29 is 23.9 Å². The number of hydrogen-bond donors (Lipinski definition) is 0. The van der Waals surface area contributed by atoms with E-state index in [4.69, 9.17) is 9.47 Å². The molecule has 5 nitrogen and oxygen atoms in total. The van der Waals surface area contributed by atoms with Gasteiger partial charge < -0.3 is 9.47 Å². The first-order valence-electron chi connectivity index (χ1n) is 10.3. The van der Waals surface area contributed by atoms with Gasteiger partial charge in [0, 0.05) is 22.3 Å². The molecule has 33 heavy (non-hydrogen) atoms. The number of hydrogen-bond acceptors (Lipinski definition) is 5. The SMILES string of the molecule is Cc1ccc(C(=O)c2ccc(OC(=O)Oc3ccc(C(=O)c4ccccc4)cc3)cc2)cc1. The number of ketones is 2. The lowest BCUT2D eigenvalue weighted by Gasteiger charge is -2.07. The molecule has 0 aromatic heterocycles. The molecule has 162 valence electrons. The van der Waals surface area contributed by atoms with Gasteiger partial charge in [0.2, 0.25) is 0 Å². The van der Waals surface area contributed by atoms with Crippen LogP contribution in [-0.4, -0.2) is 17.7 Å². The van der Waals surface area contributed by atoms with E-state index in [1.165, 1.54) is 24.3 Å². The van der Waals surface area contributed by atoms with Crippen molar-refractivity contribution in [2.45, 2.75) is 6.92 Å². The Morgan fingerprint density at radius 3 is 1.27 bits per heavy atom. The standard InChI is InChI=1S/C28H20O5/c1-19-7-9-21(10-8-19)27(30)23-13-17-25(18-14-23)33-28(31)32-24-15-11-22(12-16-24)26(29)20-5-3-2-4-6-20/h2-18H,1H3. The Hall–Kier alpha value is -4.51.